The van der Waals surface area contributed by atoms with E-state index in [4.69, 9.17) is 14.5 Å². The zero-order valence-electron chi connectivity index (χ0n) is 15.7. The summed E-state index contributed by atoms with van der Waals surface area (Å²) in [6.07, 6.45) is 0. The molecule has 0 aliphatic carbocycles. The molecular weight excluding hydrogens is 396 g/mol. The molecule has 0 spiro atoms. The number of hydrogen-bond acceptors (Lipinski definition) is 7. The van der Waals surface area contributed by atoms with Crippen molar-refractivity contribution < 1.29 is 17.9 Å². The number of anilines is 1. The van der Waals surface area contributed by atoms with E-state index in [-0.39, 0.29) is 23.6 Å². The number of nitrogens with zero attached hydrogens (tertiary/aromatic N) is 2. The highest BCUT2D eigenvalue weighted by atomic mass is 32.2. The molecule has 6 nitrogen and oxygen atoms in total. The Morgan fingerprint density at radius 1 is 1.11 bits per heavy atom. The van der Waals surface area contributed by atoms with Gasteiger partial charge in [-0.3, -0.25) is 4.99 Å². The molecule has 0 radical (unpaired) electrons. The van der Waals surface area contributed by atoms with E-state index in [2.05, 4.69) is 12.1 Å². The predicted octanol–water partition coefficient (Wildman–Crippen LogP) is 2.98. The van der Waals surface area contributed by atoms with Crippen molar-refractivity contribution in [2.75, 3.05) is 30.6 Å². The number of thioether (sulfide) groups is 1. The highest BCUT2D eigenvalue weighted by molar-refractivity contribution is 8.13. The molecule has 0 saturated carbocycles. The molecule has 8 heteroatoms. The Morgan fingerprint density at radius 3 is 2.61 bits per heavy atom. The Morgan fingerprint density at radius 2 is 1.89 bits per heavy atom. The Balaban J connectivity index is 1.70. The van der Waals surface area contributed by atoms with E-state index in [1.807, 2.05) is 41.3 Å². The predicted molar refractivity (Wildman–Crippen MR) is 113 cm³/mol. The van der Waals surface area contributed by atoms with Crippen LogP contribution in [0.5, 0.6) is 11.5 Å². The molecule has 2 heterocycles. The van der Waals surface area contributed by atoms with Gasteiger partial charge < -0.3 is 14.4 Å². The molecule has 0 unspecified atom stereocenters. The lowest BCUT2D eigenvalue weighted by Crippen LogP contribution is -2.39. The second-order valence-corrected chi connectivity index (χ2v) is 9.90. The molecule has 2 aliphatic heterocycles. The third-order valence-electron chi connectivity index (χ3n) is 4.96. The molecule has 2 aliphatic rings. The third kappa shape index (κ3) is 3.71. The molecule has 28 heavy (non-hydrogen) atoms. The first-order valence-corrected chi connectivity index (χ1v) is 11.8. The van der Waals surface area contributed by atoms with E-state index >= 15 is 0 Å². The largest absolute Gasteiger partial charge is 0.497 e. The number of methoxy groups -OCH3 is 2. The first kappa shape index (κ1) is 19.1. The van der Waals surface area contributed by atoms with Crippen LogP contribution in [0.3, 0.4) is 0 Å². The minimum Gasteiger partial charge on any atom is -0.497 e. The van der Waals surface area contributed by atoms with Crippen LogP contribution in [0.25, 0.3) is 0 Å². The van der Waals surface area contributed by atoms with E-state index in [1.54, 1.807) is 26.0 Å². The lowest BCUT2D eigenvalue weighted by Gasteiger charge is -2.28. The summed E-state index contributed by atoms with van der Waals surface area (Å²) in [6.45, 7) is 0. The standard InChI is InChI=1S/C20H22N2O4S2/c1-25-15-8-9-19(26-2)17(10-15)22-18-13-28(23,24)12-16(18)21-20(22)27-11-14-6-4-3-5-7-14/h3-10,16,18H,11-13H2,1-2H3/t16-,18+/m1/s1. The maximum Gasteiger partial charge on any atom is 0.164 e. The SMILES string of the molecule is COc1ccc(OC)c(N2C(SCc3ccccc3)=N[C@@H]3CS(=O)(=O)C[C@@H]32)c1. The van der Waals surface area contributed by atoms with E-state index in [9.17, 15) is 8.42 Å². The monoisotopic (exact) mass is 418 g/mol. The van der Waals surface area contributed by atoms with Crippen LogP contribution in [-0.4, -0.2) is 51.4 Å². The first-order valence-electron chi connectivity index (χ1n) is 8.97. The molecule has 2 aromatic rings. The highest BCUT2D eigenvalue weighted by Gasteiger charge is 2.47. The Bertz CT molecular complexity index is 993. The van der Waals surface area contributed by atoms with Gasteiger partial charge in [0.25, 0.3) is 0 Å². The van der Waals surface area contributed by atoms with Gasteiger partial charge in [-0.15, -0.1) is 0 Å². The maximum atomic E-state index is 12.2. The van der Waals surface area contributed by atoms with Crippen molar-refractivity contribution in [1.29, 1.82) is 0 Å². The minimum absolute atomic E-state index is 0.0931. The van der Waals surface area contributed by atoms with Gasteiger partial charge in [-0.2, -0.15) is 0 Å². The molecule has 2 atom stereocenters. The lowest BCUT2D eigenvalue weighted by atomic mass is 10.1. The lowest BCUT2D eigenvalue weighted by molar-refractivity contribution is 0.403. The van der Waals surface area contributed by atoms with Crippen LogP contribution in [0.2, 0.25) is 0 Å². The third-order valence-corrected chi connectivity index (χ3v) is 7.70. The summed E-state index contributed by atoms with van der Waals surface area (Å²) in [5, 5.41) is 0.820. The minimum atomic E-state index is -3.10. The fourth-order valence-electron chi connectivity index (χ4n) is 3.62. The molecule has 148 valence electrons. The molecule has 1 fully saturated rings. The van der Waals surface area contributed by atoms with Crippen molar-refractivity contribution in [2.24, 2.45) is 4.99 Å². The van der Waals surface area contributed by atoms with Crippen molar-refractivity contribution >= 4 is 32.5 Å². The zero-order valence-corrected chi connectivity index (χ0v) is 17.4. The second kappa shape index (κ2) is 7.67. The van der Waals surface area contributed by atoms with Crippen molar-refractivity contribution in [2.45, 2.75) is 17.8 Å². The van der Waals surface area contributed by atoms with E-state index < -0.39 is 9.84 Å². The van der Waals surface area contributed by atoms with Gasteiger partial charge in [0.15, 0.2) is 15.0 Å². The molecule has 1 saturated heterocycles. The average molecular weight is 419 g/mol. The summed E-state index contributed by atoms with van der Waals surface area (Å²) in [7, 11) is 0.116. The number of benzene rings is 2. The molecule has 0 aromatic heterocycles. The van der Waals surface area contributed by atoms with Gasteiger partial charge in [-0.25, -0.2) is 8.42 Å². The smallest absolute Gasteiger partial charge is 0.164 e. The van der Waals surface area contributed by atoms with E-state index in [1.165, 1.54) is 5.56 Å². The number of hydrogen-bond donors (Lipinski definition) is 0. The summed E-state index contributed by atoms with van der Waals surface area (Å²) < 4.78 is 35.4. The quantitative estimate of drug-likeness (QED) is 0.744. The van der Waals surface area contributed by atoms with Crippen LogP contribution in [-0.2, 0) is 15.6 Å². The number of ether oxygens (including phenoxy) is 2. The van der Waals surface area contributed by atoms with Gasteiger partial charge in [0.2, 0.25) is 0 Å². The van der Waals surface area contributed by atoms with Crippen molar-refractivity contribution in [3.8, 4) is 11.5 Å². The first-order chi connectivity index (χ1) is 13.5. The molecule has 4 rings (SSSR count). The topological polar surface area (TPSA) is 68.2 Å². The Kier molecular flexibility index (Phi) is 5.25. The summed E-state index contributed by atoms with van der Waals surface area (Å²) in [4.78, 5) is 6.80. The van der Waals surface area contributed by atoms with Crippen molar-refractivity contribution in [3.05, 3.63) is 54.1 Å². The van der Waals surface area contributed by atoms with E-state index in [0.29, 0.717) is 11.5 Å². The Hall–Kier alpha value is -2.19. The summed E-state index contributed by atoms with van der Waals surface area (Å²) in [5.41, 5.74) is 1.98. The number of amidine groups is 1. The molecule has 0 bridgehead atoms. The number of fused-ring (bicyclic) bond motifs is 1. The van der Waals surface area contributed by atoms with Crippen LogP contribution in [0.15, 0.2) is 53.5 Å². The van der Waals surface area contributed by atoms with E-state index in [0.717, 1.165) is 16.6 Å². The fourth-order valence-corrected chi connectivity index (χ4v) is 6.54. The van der Waals surface area contributed by atoms with Crippen LogP contribution in [0.4, 0.5) is 5.69 Å². The average Bonchev–Trinajstić information content (AvgIpc) is 3.17. The highest BCUT2D eigenvalue weighted by Crippen LogP contribution is 2.41. The molecule has 0 N–H and O–H groups in total. The van der Waals surface area contributed by atoms with Gasteiger partial charge in [0.1, 0.15) is 11.5 Å². The molecule has 0 amide bonds. The van der Waals surface area contributed by atoms with Gasteiger partial charge in [0, 0.05) is 11.8 Å². The summed E-state index contributed by atoms with van der Waals surface area (Å²) >= 11 is 1.61. The van der Waals surface area contributed by atoms with Crippen molar-refractivity contribution in [3.63, 3.8) is 0 Å². The number of rotatable bonds is 5. The van der Waals surface area contributed by atoms with Crippen LogP contribution in [0, 0.1) is 0 Å². The maximum absolute atomic E-state index is 12.2. The second-order valence-electron chi connectivity index (χ2n) is 6.81. The van der Waals surface area contributed by atoms with Gasteiger partial charge in [0.05, 0.1) is 43.5 Å². The number of sulfone groups is 1. The van der Waals surface area contributed by atoms with Gasteiger partial charge in [-0.05, 0) is 17.7 Å². The van der Waals surface area contributed by atoms with Crippen LogP contribution >= 0.6 is 11.8 Å². The van der Waals surface area contributed by atoms with Crippen molar-refractivity contribution in [1.82, 2.24) is 0 Å². The fraction of sp³-hybridized carbons (Fsp3) is 0.350. The zero-order chi connectivity index (χ0) is 19.7. The van der Waals surface area contributed by atoms with Gasteiger partial charge >= 0.3 is 0 Å². The molecular formula is C20H22N2O4S2. The van der Waals surface area contributed by atoms with Crippen LogP contribution in [0.1, 0.15) is 5.56 Å². The normalized spacial score (nSPS) is 22.6. The van der Waals surface area contributed by atoms with Crippen LogP contribution < -0.4 is 14.4 Å². The Labute approximate surface area is 169 Å². The van der Waals surface area contributed by atoms with Gasteiger partial charge in [-0.1, -0.05) is 42.1 Å². The summed E-state index contributed by atoms with van der Waals surface area (Å²) in [5.74, 6) is 2.30. The molecule has 2 aromatic carbocycles. The number of aliphatic imine (C=N–C) groups is 1. The summed E-state index contributed by atoms with van der Waals surface area (Å²) in [6, 6.07) is 15.2.